The lowest BCUT2D eigenvalue weighted by Gasteiger charge is -2.21. The Bertz CT molecular complexity index is 1500. The molecule has 1 aliphatic carbocycles. The maximum atomic E-state index is 6.08. The van der Waals surface area contributed by atoms with Crippen LogP contribution in [0.5, 0.6) is 5.75 Å². The zero-order valence-electron chi connectivity index (χ0n) is 20.9. The fourth-order valence-electron chi connectivity index (χ4n) is 5.36. The molecule has 1 atom stereocenters. The molecule has 0 bridgehead atoms. The van der Waals surface area contributed by atoms with Gasteiger partial charge in [0.05, 0.1) is 6.10 Å². The predicted octanol–water partition coefficient (Wildman–Crippen LogP) is 9.44. The van der Waals surface area contributed by atoms with Crippen molar-refractivity contribution in [3.8, 4) is 50.3 Å². The molecule has 0 spiro atoms. The van der Waals surface area contributed by atoms with Crippen molar-refractivity contribution in [2.24, 2.45) is 0 Å². The smallest absolute Gasteiger partial charge is 0.119 e. The third-order valence-electron chi connectivity index (χ3n) is 7.31. The summed E-state index contributed by atoms with van der Waals surface area (Å²) in [6, 6.07) is 41.6. The molecule has 0 amide bonds. The standard InChI is InChI=1S/C35H30O/c1-3-24(2)36-29-20-18-25(19-21-29)31-23-32-30-17-11-10-16-28(30)22-33(32)35(27-14-8-5-9-15-27)34(31)26-12-6-4-7-13-26/h4-21,23-24H,3,22H2,1-2H3. The topological polar surface area (TPSA) is 9.23 Å². The Labute approximate surface area is 214 Å². The SMILES string of the molecule is CCC(C)Oc1ccc(-c2cc3c(c(-c4ccccc4)c2-c2ccccc2)Cc2ccccc2-3)cc1. The Kier molecular flexibility index (Phi) is 5.91. The van der Waals surface area contributed by atoms with Gasteiger partial charge in [-0.15, -0.1) is 0 Å². The molecular weight excluding hydrogens is 436 g/mol. The van der Waals surface area contributed by atoms with Crippen molar-refractivity contribution < 1.29 is 4.74 Å². The van der Waals surface area contributed by atoms with Crippen molar-refractivity contribution >= 4 is 0 Å². The summed E-state index contributed by atoms with van der Waals surface area (Å²) in [7, 11) is 0. The largest absolute Gasteiger partial charge is 0.491 e. The van der Waals surface area contributed by atoms with Crippen LogP contribution in [0.3, 0.4) is 0 Å². The van der Waals surface area contributed by atoms with Crippen LogP contribution in [0.1, 0.15) is 31.4 Å². The number of ether oxygens (including phenoxy) is 1. The van der Waals surface area contributed by atoms with Crippen molar-refractivity contribution in [1.82, 2.24) is 0 Å². The second-order valence-electron chi connectivity index (χ2n) is 9.63. The van der Waals surface area contributed by atoms with E-state index in [2.05, 4.69) is 129 Å². The molecule has 0 saturated carbocycles. The molecular formula is C35H30O. The van der Waals surface area contributed by atoms with E-state index in [4.69, 9.17) is 4.74 Å². The van der Waals surface area contributed by atoms with E-state index >= 15 is 0 Å². The molecule has 1 nitrogen and oxygen atoms in total. The first-order valence-electron chi connectivity index (χ1n) is 12.9. The maximum absolute atomic E-state index is 6.08. The minimum atomic E-state index is 0.205. The summed E-state index contributed by atoms with van der Waals surface area (Å²) in [4.78, 5) is 0. The van der Waals surface area contributed by atoms with E-state index in [0.29, 0.717) is 0 Å². The first-order valence-corrected chi connectivity index (χ1v) is 12.9. The average Bonchev–Trinajstić information content (AvgIpc) is 3.31. The lowest BCUT2D eigenvalue weighted by Crippen LogP contribution is -2.09. The third kappa shape index (κ3) is 4.01. The van der Waals surface area contributed by atoms with Gasteiger partial charge < -0.3 is 4.74 Å². The fraction of sp³-hybridized carbons (Fsp3) is 0.143. The monoisotopic (exact) mass is 466 g/mol. The Morgan fingerprint density at radius 3 is 1.89 bits per heavy atom. The zero-order valence-corrected chi connectivity index (χ0v) is 20.9. The number of hydrogen-bond acceptors (Lipinski definition) is 1. The molecule has 1 unspecified atom stereocenters. The highest BCUT2D eigenvalue weighted by Crippen LogP contribution is 2.50. The Balaban J connectivity index is 1.63. The van der Waals surface area contributed by atoms with Gasteiger partial charge in [-0.2, -0.15) is 0 Å². The van der Waals surface area contributed by atoms with Gasteiger partial charge in [0.25, 0.3) is 0 Å². The van der Waals surface area contributed by atoms with Gasteiger partial charge in [0.15, 0.2) is 0 Å². The lowest BCUT2D eigenvalue weighted by molar-refractivity contribution is 0.217. The van der Waals surface area contributed by atoms with E-state index in [1.54, 1.807) is 0 Å². The number of hydrogen-bond donors (Lipinski definition) is 0. The number of rotatable bonds is 6. The van der Waals surface area contributed by atoms with E-state index in [0.717, 1.165) is 18.6 Å². The quantitative estimate of drug-likeness (QED) is 0.237. The highest BCUT2D eigenvalue weighted by Gasteiger charge is 2.27. The molecule has 0 radical (unpaired) electrons. The van der Waals surface area contributed by atoms with Crippen LogP contribution in [0.15, 0.2) is 115 Å². The molecule has 36 heavy (non-hydrogen) atoms. The number of benzene rings is 5. The van der Waals surface area contributed by atoms with E-state index in [-0.39, 0.29) is 6.10 Å². The summed E-state index contributed by atoms with van der Waals surface area (Å²) >= 11 is 0. The summed E-state index contributed by atoms with van der Waals surface area (Å²) in [6.45, 7) is 4.27. The van der Waals surface area contributed by atoms with Gasteiger partial charge in [0.1, 0.15) is 5.75 Å². The summed E-state index contributed by atoms with van der Waals surface area (Å²) in [6.07, 6.45) is 2.15. The first-order chi connectivity index (χ1) is 17.7. The van der Waals surface area contributed by atoms with E-state index in [1.165, 1.54) is 55.6 Å². The van der Waals surface area contributed by atoms with Crippen molar-refractivity contribution in [2.45, 2.75) is 32.8 Å². The van der Waals surface area contributed by atoms with Crippen LogP contribution < -0.4 is 4.74 Å². The molecule has 1 heteroatoms. The van der Waals surface area contributed by atoms with Crippen LogP contribution in [-0.4, -0.2) is 6.10 Å². The molecule has 6 rings (SSSR count). The molecule has 5 aromatic carbocycles. The Morgan fingerprint density at radius 2 is 1.22 bits per heavy atom. The molecule has 176 valence electrons. The second kappa shape index (κ2) is 9.51. The van der Waals surface area contributed by atoms with Crippen LogP contribution in [0, 0.1) is 0 Å². The van der Waals surface area contributed by atoms with Gasteiger partial charge in [-0.25, -0.2) is 0 Å². The molecule has 0 N–H and O–H groups in total. The molecule has 5 aromatic rings. The maximum Gasteiger partial charge on any atom is 0.119 e. The summed E-state index contributed by atoms with van der Waals surface area (Å²) < 4.78 is 6.08. The van der Waals surface area contributed by atoms with E-state index < -0.39 is 0 Å². The minimum Gasteiger partial charge on any atom is -0.491 e. The molecule has 0 fully saturated rings. The fourth-order valence-corrected chi connectivity index (χ4v) is 5.36. The van der Waals surface area contributed by atoms with Crippen molar-refractivity contribution in [3.63, 3.8) is 0 Å². The van der Waals surface area contributed by atoms with Crippen molar-refractivity contribution in [1.29, 1.82) is 0 Å². The summed E-state index contributed by atoms with van der Waals surface area (Å²) in [5.41, 5.74) is 13.1. The molecule has 0 saturated heterocycles. The zero-order chi connectivity index (χ0) is 24.5. The lowest BCUT2D eigenvalue weighted by atomic mass is 9.82. The van der Waals surface area contributed by atoms with Gasteiger partial charge in [0.2, 0.25) is 0 Å². The summed E-state index contributed by atoms with van der Waals surface area (Å²) in [5, 5.41) is 0. The van der Waals surface area contributed by atoms with Gasteiger partial charge in [-0.1, -0.05) is 104 Å². The predicted molar refractivity (Wildman–Crippen MR) is 151 cm³/mol. The van der Waals surface area contributed by atoms with Gasteiger partial charge in [-0.3, -0.25) is 0 Å². The average molecular weight is 467 g/mol. The van der Waals surface area contributed by atoms with Crippen LogP contribution in [0.2, 0.25) is 0 Å². The van der Waals surface area contributed by atoms with E-state index in [1.807, 2.05) is 0 Å². The molecule has 1 aliphatic rings. The second-order valence-corrected chi connectivity index (χ2v) is 9.63. The summed E-state index contributed by atoms with van der Waals surface area (Å²) in [5.74, 6) is 0.921. The Hall–Kier alpha value is -4.10. The van der Waals surface area contributed by atoms with Crippen molar-refractivity contribution in [2.75, 3.05) is 0 Å². The highest BCUT2D eigenvalue weighted by atomic mass is 16.5. The van der Waals surface area contributed by atoms with Crippen LogP contribution >= 0.6 is 0 Å². The first kappa shape index (κ1) is 22.4. The Morgan fingerprint density at radius 1 is 0.611 bits per heavy atom. The van der Waals surface area contributed by atoms with Crippen LogP contribution in [0.4, 0.5) is 0 Å². The molecule has 0 aliphatic heterocycles. The third-order valence-corrected chi connectivity index (χ3v) is 7.31. The van der Waals surface area contributed by atoms with Crippen molar-refractivity contribution in [3.05, 3.63) is 126 Å². The highest BCUT2D eigenvalue weighted by molar-refractivity contribution is 6.01. The minimum absolute atomic E-state index is 0.205. The van der Waals surface area contributed by atoms with Crippen LogP contribution in [-0.2, 0) is 6.42 Å². The molecule has 0 heterocycles. The van der Waals surface area contributed by atoms with Crippen LogP contribution in [0.25, 0.3) is 44.5 Å². The molecule has 0 aromatic heterocycles. The van der Waals surface area contributed by atoms with Gasteiger partial charge in [-0.05, 0) is 93.6 Å². The van der Waals surface area contributed by atoms with E-state index in [9.17, 15) is 0 Å². The van der Waals surface area contributed by atoms with Gasteiger partial charge in [0, 0.05) is 0 Å². The van der Waals surface area contributed by atoms with Gasteiger partial charge >= 0.3 is 0 Å². The normalized spacial score (nSPS) is 12.6. The number of fused-ring (bicyclic) bond motifs is 3.